The molecule has 1 aromatic heterocycles. The monoisotopic (exact) mass is 305 g/mol. The first-order valence-corrected chi connectivity index (χ1v) is 7.60. The van der Waals surface area contributed by atoms with E-state index in [4.69, 9.17) is 4.74 Å². The van der Waals surface area contributed by atoms with Gasteiger partial charge in [-0.25, -0.2) is 9.78 Å². The van der Waals surface area contributed by atoms with Gasteiger partial charge in [-0.3, -0.25) is 0 Å². The highest BCUT2D eigenvalue weighted by atomic mass is 16.6. The number of anilines is 2. The summed E-state index contributed by atoms with van der Waals surface area (Å²) in [6.45, 7) is 4.18. The van der Waals surface area contributed by atoms with Gasteiger partial charge in [0.2, 0.25) is 5.95 Å². The quantitative estimate of drug-likeness (QED) is 0.820. The van der Waals surface area contributed by atoms with Crippen LogP contribution in [-0.4, -0.2) is 67.3 Å². The molecule has 1 atom stereocenters. The normalized spacial score (nSPS) is 24.8. The molecule has 0 N–H and O–H groups in total. The number of amides is 1. The van der Waals surface area contributed by atoms with Crippen molar-refractivity contribution in [3.63, 3.8) is 0 Å². The molecular formula is C15H23N5O2. The molecule has 0 bridgehead atoms. The Morgan fingerprint density at radius 2 is 2.14 bits per heavy atom. The van der Waals surface area contributed by atoms with Gasteiger partial charge in [0.1, 0.15) is 11.4 Å². The van der Waals surface area contributed by atoms with Crippen molar-refractivity contribution in [3.05, 3.63) is 11.8 Å². The Morgan fingerprint density at radius 1 is 1.36 bits per heavy atom. The molecule has 0 aromatic carbocycles. The Labute approximate surface area is 130 Å². The lowest BCUT2D eigenvalue weighted by atomic mass is 9.93. The fraction of sp³-hybridized carbons (Fsp3) is 0.667. The highest BCUT2D eigenvalue weighted by Gasteiger charge is 2.47. The molecule has 22 heavy (non-hydrogen) atoms. The van der Waals surface area contributed by atoms with Crippen molar-refractivity contribution in [1.29, 1.82) is 0 Å². The topological polar surface area (TPSA) is 61.8 Å². The maximum absolute atomic E-state index is 11.7. The molecule has 1 spiro atoms. The minimum Gasteiger partial charge on any atom is -0.439 e. The molecule has 120 valence electrons. The maximum atomic E-state index is 11.7. The van der Waals surface area contributed by atoms with Gasteiger partial charge >= 0.3 is 6.09 Å². The number of likely N-dealkylation sites (N-methyl/N-ethyl adjacent to an activating group) is 1. The standard InChI is InChI=1S/C15H23N5O2/c1-11-8-16-13(17-12(11)18(2)3)20-7-5-6-15(10-20)9-19(4)14(21)22-15/h8H,5-7,9-10H2,1-4H3/t15-/m0/s1. The number of ether oxygens (including phenoxy) is 1. The average molecular weight is 305 g/mol. The number of carbonyl (C=O) groups excluding carboxylic acids is 1. The summed E-state index contributed by atoms with van der Waals surface area (Å²) in [5.41, 5.74) is 0.629. The first kappa shape index (κ1) is 14.9. The van der Waals surface area contributed by atoms with Crippen molar-refractivity contribution >= 4 is 17.9 Å². The van der Waals surface area contributed by atoms with E-state index in [9.17, 15) is 4.79 Å². The van der Waals surface area contributed by atoms with Gasteiger partial charge in [0.25, 0.3) is 0 Å². The van der Waals surface area contributed by atoms with Crippen LogP contribution in [0.5, 0.6) is 0 Å². The molecule has 0 unspecified atom stereocenters. The summed E-state index contributed by atoms with van der Waals surface area (Å²) in [7, 11) is 5.73. The molecule has 1 amide bonds. The molecule has 0 radical (unpaired) electrons. The zero-order chi connectivity index (χ0) is 15.9. The molecule has 7 heteroatoms. The number of nitrogens with zero attached hydrogens (tertiary/aromatic N) is 5. The van der Waals surface area contributed by atoms with Crippen LogP contribution in [0.2, 0.25) is 0 Å². The third kappa shape index (κ3) is 2.55. The van der Waals surface area contributed by atoms with E-state index in [1.807, 2.05) is 32.1 Å². The van der Waals surface area contributed by atoms with E-state index in [1.165, 1.54) is 0 Å². The first-order chi connectivity index (χ1) is 10.4. The van der Waals surface area contributed by atoms with Crippen LogP contribution in [-0.2, 0) is 4.74 Å². The predicted molar refractivity (Wildman–Crippen MR) is 84.4 cm³/mol. The molecule has 3 heterocycles. The molecule has 0 saturated carbocycles. The smallest absolute Gasteiger partial charge is 0.410 e. The van der Waals surface area contributed by atoms with E-state index >= 15 is 0 Å². The molecule has 2 aliphatic heterocycles. The molecule has 3 rings (SSSR count). The van der Waals surface area contributed by atoms with Crippen molar-refractivity contribution in [2.24, 2.45) is 0 Å². The van der Waals surface area contributed by atoms with Crippen LogP contribution < -0.4 is 9.80 Å². The highest BCUT2D eigenvalue weighted by Crippen LogP contribution is 2.33. The number of aryl methyl sites for hydroxylation is 1. The Balaban J connectivity index is 1.84. The fourth-order valence-corrected chi connectivity index (χ4v) is 3.30. The summed E-state index contributed by atoms with van der Waals surface area (Å²) in [5, 5.41) is 0. The number of carbonyl (C=O) groups is 1. The number of hydrogen-bond donors (Lipinski definition) is 0. The molecule has 1 aromatic rings. The van der Waals surface area contributed by atoms with Crippen LogP contribution in [0, 0.1) is 6.92 Å². The lowest BCUT2D eigenvalue weighted by Crippen LogP contribution is -2.51. The van der Waals surface area contributed by atoms with Gasteiger partial charge in [-0.2, -0.15) is 4.98 Å². The predicted octanol–water partition coefficient (Wildman–Crippen LogP) is 1.27. The molecule has 0 aliphatic carbocycles. The second-order valence-electron chi connectivity index (χ2n) is 6.50. The molecule has 2 aliphatic rings. The second kappa shape index (κ2) is 5.30. The van der Waals surface area contributed by atoms with Crippen LogP contribution >= 0.6 is 0 Å². The number of hydrogen-bond acceptors (Lipinski definition) is 6. The van der Waals surface area contributed by atoms with Crippen LogP contribution in [0.3, 0.4) is 0 Å². The van der Waals surface area contributed by atoms with Crippen molar-refractivity contribution in [2.75, 3.05) is 50.6 Å². The summed E-state index contributed by atoms with van der Waals surface area (Å²) < 4.78 is 5.63. The van der Waals surface area contributed by atoms with Crippen molar-refractivity contribution < 1.29 is 9.53 Å². The zero-order valence-corrected chi connectivity index (χ0v) is 13.7. The van der Waals surface area contributed by atoms with Crippen LogP contribution in [0.4, 0.5) is 16.6 Å². The largest absolute Gasteiger partial charge is 0.439 e. The number of piperidine rings is 1. The van der Waals surface area contributed by atoms with Gasteiger partial charge in [0, 0.05) is 39.4 Å². The second-order valence-corrected chi connectivity index (χ2v) is 6.50. The third-order valence-corrected chi connectivity index (χ3v) is 4.32. The molecule has 2 fully saturated rings. The molecule has 2 saturated heterocycles. The Bertz CT molecular complexity index is 591. The van der Waals surface area contributed by atoms with Crippen molar-refractivity contribution in [2.45, 2.75) is 25.4 Å². The summed E-state index contributed by atoms with van der Waals surface area (Å²) >= 11 is 0. The van der Waals surface area contributed by atoms with Gasteiger partial charge in [-0.05, 0) is 19.8 Å². The van der Waals surface area contributed by atoms with Crippen LogP contribution in [0.1, 0.15) is 18.4 Å². The lowest BCUT2D eigenvalue weighted by molar-refractivity contribution is 0.0443. The van der Waals surface area contributed by atoms with E-state index in [-0.39, 0.29) is 6.09 Å². The van der Waals surface area contributed by atoms with Gasteiger partial charge in [0.15, 0.2) is 0 Å². The van der Waals surface area contributed by atoms with Crippen LogP contribution in [0.15, 0.2) is 6.20 Å². The van der Waals surface area contributed by atoms with E-state index in [0.29, 0.717) is 19.0 Å². The number of aromatic nitrogens is 2. The first-order valence-electron chi connectivity index (χ1n) is 7.60. The van der Waals surface area contributed by atoms with Crippen molar-refractivity contribution in [1.82, 2.24) is 14.9 Å². The molecule has 7 nitrogen and oxygen atoms in total. The average Bonchev–Trinajstić information content (AvgIpc) is 2.73. The minimum atomic E-state index is -0.420. The zero-order valence-electron chi connectivity index (χ0n) is 13.7. The summed E-state index contributed by atoms with van der Waals surface area (Å²) in [5.74, 6) is 1.63. The van der Waals surface area contributed by atoms with Gasteiger partial charge in [-0.1, -0.05) is 0 Å². The lowest BCUT2D eigenvalue weighted by Gasteiger charge is -2.38. The van der Waals surface area contributed by atoms with Gasteiger partial charge < -0.3 is 19.4 Å². The van der Waals surface area contributed by atoms with E-state index in [1.54, 1.807) is 11.9 Å². The summed E-state index contributed by atoms with van der Waals surface area (Å²) in [6.07, 6.45) is 3.48. The summed E-state index contributed by atoms with van der Waals surface area (Å²) in [6, 6.07) is 0. The van der Waals surface area contributed by atoms with E-state index in [2.05, 4.69) is 14.9 Å². The van der Waals surface area contributed by atoms with E-state index < -0.39 is 5.60 Å². The van der Waals surface area contributed by atoms with Gasteiger partial charge in [-0.15, -0.1) is 0 Å². The number of rotatable bonds is 2. The Hall–Kier alpha value is -2.05. The Morgan fingerprint density at radius 3 is 2.77 bits per heavy atom. The van der Waals surface area contributed by atoms with Crippen molar-refractivity contribution in [3.8, 4) is 0 Å². The molecular weight excluding hydrogens is 282 g/mol. The fourth-order valence-electron chi connectivity index (χ4n) is 3.30. The van der Waals surface area contributed by atoms with Crippen LogP contribution in [0.25, 0.3) is 0 Å². The highest BCUT2D eigenvalue weighted by molar-refractivity contribution is 5.70. The maximum Gasteiger partial charge on any atom is 0.410 e. The van der Waals surface area contributed by atoms with E-state index in [0.717, 1.165) is 30.8 Å². The van der Waals surface area contributed by atoms with Gasteiger partial charge in [0.05, 0.1) is 13.1 Å². The summed E-state index contributed by atoms with van der Waals surface area (Å²) in [4.78, 5) is 26.6. The Kier molecular flexibility index (Phi) is 3.58. The third-order valence-electron chi connectivity index (χ3n) is 4.32. The minimum absolute atomic E-state index is 0.236. The SMILES string of the molecule is Cc1cnc(N2CCC[C@]3(CN(C)C(=O)O3)C2)nc1N(C)C.